The van der Waals surface area contributed by atoms with E-state index in [1.54, 1.807) is 0 Å². The Kier molecular flexibility index (Phi) is 3.63. The molecule has 0 saturated heterocycles. The Hall–Kier alpha value is -2.33. The summed E-state index contributed by atoms with van der Waals surface area (Å²) in [6.07, 6.45) is 1.34. The maximum absolute atomic E-state index is 10.7. The molecule has 6 nitrogen and oxygen atoms in total. The van der Waals surface area contributed by atoms with Crippen molar-refractivity contribution in [3.8, 4) is 11.5 Å². The Balaban J connectivity index is 3.27. The lowest BCUT2D eigenvalue weighted by Crippen LogP contribution is -2.00. The van der Waals surface area contributed by atoms with E-state index in [-0.39, 0.29) is 17.9 Å². The van der Waals surface area contributed by atoms with Gasteiger partial charge in [-0.05, 0) is 6.07 Å². The molecule has 0 heterocycles. The molecule has 2 N–H and O–H groups in total. The number of ether oxygens (including phenoxy) is 1. The topological polar surface area (TPSA) is 96.2 Å². The molecule has 0 saturated carbocycles. The molecule has 1 aromatic carbocycles. The molecular weight excluding hydrogens is 214 g/mol. The number of isocyanates is 1. The van der Waals surface area contributed by atoms with Crippen molar-refractivity contribution in [2.24, 2.45) is 4.99 Å². The van der Waals surface area contributed by atoms with Gasteiger partial charge in [0.2, 0.25) is 6.08 Å². The number of aromatic carboxylic acids is 1. The van der Waals surface area contributed by atoms with E-state index in [0.29, 0.717) is 5.56 Å². The maximum atomic E-state index is 10.7. The summed E-state index contributed by atoms with van der Waals surface area (Å²) < 4.78 is 4.92. The third-order valence-electron chi connectivity index (χ3n) is 1.94. The van der Waals surface area contributed by atoms with Gasteiger partial charge in [0.05, 0.1) is 13.7 Å². The number of nitrogens with zero attached hydrogens (tertiary/aromatic N) is 1. The van der Waals surface area contributed by atoms with Crippen molar-refractivity contribution in [2.75, 3.05) is 7.11 Å². The molecule has 0 aromatic heterocycles. The molecule has 0 fully saturated rings. The summed E-state index contributed by atoms with van der Waals surface area (Å²) in [6, 6.07) is 2.37. The standard InChI is InChI=1S/C10H9NO5/c1-16-9-3-8(13)7(10(14)15)2-6(9)4-11-5-12/h2-3,13H,4H2,1H3,(H,14,15). The number of carbonyl (C=O) groups excluding carboxylic acids is 1. The fourth-order valence-corrected chi connectivity index (χ4v) is 1.22. The monoisotopic (exact) mass is 223 g/mol. The molecule has 1 rings (SSSR count). The number of phenols is 1. The van der Waals surface area contributed by atoms with Gasteiger partial charge >= 0.3 is 5.97 Å². The van der Waals surface area contributed by atoms with Crippen molar-refractivity contribution in [3.05, 3.63) is 23.3 Å². The summed E-state index contributed by atoms with van der Waals surface area (Å²) in [5, 5.41) is 18.1. The van der Waals surface area contributed by atoms with E-state index in [1.165, 1.54) is 25.3 Å². The number of aromatic hydroxyl groups is 1. The lowest BCUT2D eigenvalue weighted by molar-refractivity contribution is 0.0693. The second-order valence-corrected chi connectivity index (χ2v) is 2.89. The highest BCUT2D eigenvalue weighted by molar-refractivity contribution is 5.91. The minimum Gasteiger partial charge on any atom is -0.507 e. The van der Waals surface area contributed by atoms with Gasteiger partial charge in [-0.15, -0.1) is 0 Å². The quantitative estimate of drug-likeness (QED) is 0.584. The Morgan fingerprint density at radius 1 is 1.56 bits per heavy atom. The van der Waals surface area contributed by atoms with Crippen LogP contribution in [0.1, 0.15) is 15.9 Å². The molecule has 0 aliphatic carbocycles. The molecule has 0 bridgehead atoms. The molecule has 84 valence electrons. The molecule has 0 atom stereocenters. The van der Waals surface area contributed by atoms with Crippen molar-refractivity contribution >= 4 is 12.0 Å². The first-order chi connectivity index (χ1) is 7.60. The average Bonchev–Trinajstić information content (AvgIpc) is 2.26. The summed E-state index contributed by atoms with van der Waals surface area (Å²) in [5.74, 6) is -1.40. The fraction of sp³-hybridized carbons (Fsp3) is 0.200. The van der Waals surface area contributed by atoms with Crippen LogP contribution in [0.3, 0.4) is 0 Å². The third-order valence-corrected chi connectivity index (χ3v) is 1.94. The van der Waals surface area contributed by atoms with Crippen LogP contribution in [-0.4, -0.2) is 29.4 Å². The van der Waals surface area contributed by atoms with Gasteiger partial charge < -0.3 is 14.9 Å². The van der Waals surface area contributed by atoms with E-state index in [4.69, 9.17) is 9.84 Å². The van der Waals surface area contributed by atoms with Crippen LogP contribution in [0.5, 0.6) is 11.5 Å². The van der Waals surface area contributed by atoms with Crippen LogP contribution >= 0.6 is 0 Å². The van der Waals surface area contributed by atoms with Crippen molar-refractivity contribution in [3.63, 3.8) is 0 Å². The van der Waals surface area contributed by atoms with Crippen LogP contribution in [0.25, 0.3) is 0 Å². The minimum absolute atomic E-state index is 0.0484. The van der Waals surface area contributed by atoms with E-state index >= 15 is 0 Å². The molecule has 6 heteroatoms. The van der Waals surface area contributed by atoms with Crippen LogP contribution in [0.2, 0.25) is 0 Å². The lowest BCUT2D eigenvalue weighted by atomic mass is 10.1. The average molecular weight is 223 g/mol. The second-order valence-electron chi connectivity index (χ2n) is 2.89. The van der Waals surface area contributed by atoms with Crippen LogP contribution in [-0.2, 0) is 11.3 Å². The Morgan fingerprint density at radius 3 is 2.75 bits per heavy atom. The van der Waals surface area contributed by atoms with Gasteiger partial charge in [0.15, 0.2) is 0 Å². The molecule has 0 amide bonds. The highest BCUT2D eigenvalue weighted by Gasteiger charge is 2.14. The summed E-state index contributed by atoms with van der Waals surface area (Å²) in [5.41, 5.74) is 0.123. The molecule has 0 radical (unpaired) electrons. The first kappa shape index (κ1) is 11.7. The van der Waals surface area contributed by atoms with E-state index in [9.17, 15) is 14.7 Å². The highest BCUT2D eigenvalue weighted by atomic mass is 16.5. The first-order valence-corrected chi connectivity index (χ1v) is 4.27. The fourth-order valence-electron chi connectivity index (χ4n) is 1.22. The number of hydrogen-bond donors (Lipinski definition) is 2. The number of benzene rings is 1. The number of rotatable bonds is 4. The van der Waals surface area contributed by atoms with E-state index in [0.717, 1.165) is 0 Å². The molecule has 1 aromatic rings. The Labute approximate surface area is 90.8 Å². The summed E-state index contributed by atoms with van der Waals surface area (Å²) >= 11 is 0. The smallest absolute Gasteiger partial charge is 0.339 e. The molecular formula is C10H9NO5. The largest absolute Gasteiger partial charge is 0.507 e. The molecule has 0 aliphatic rings. The van der Waals surface area contributed by atoms with Crippen LogP contribution in [0.15, 0.2) is 17.1 Å². The number of hydrogen-bond acceptors (Lipinski definition) is 5. The molecule has 0 spiro atoms. The zero-order valence-electron chi connectivity index (χ0n) is 8.43. The van der Waals surface area contributed by atoms with Gasteiger partial charge in [-0.2, -0.15) is 0 Å². The zero-order chi connectivity index (χ0) is 12.1. The third kappa shape index (κ3) is 2.37. The van der Waals surface area contributed by atoms with Gasteiger partial charge in [-0.1, -0.05) is 0 Å². The van der Waals surface area contributed by atoms with Crippen LogP contribution in [0, 0.1) is 0 Å². The Bertz CT molecular complexity index is 463. The predicted octanol–water partition coefficient (Wildman–Crippen LogP) is 0.935. The van der Waals surface area contributed by atoms with Crippen molar-refractivity contribution in [2.45, 2.75) is 6.54 Å². The second kappa shape index (κ2) is 4.95. The molecule has 16 heavy (non-hydrogen) atoms. The van der Waals surface area contributed by atoms with E-state index in [1.807, 2.05) is 0 Å². The van der Waals surface area contributed by atoms with Crippen molar-refractivity contribution in [1.29, 1.82) is 0 Å². The van der Waals surface area contributed by atoms with E-state index < -0.39 is 11.7 Å². The van der Waals surface area contributed by atoms with Gasteiger partial charge in [-0.25, -0.2) is 14.6 Å². The van der Waals surface area contributed by atoms with Crippen LogP contribution < -0.4 is 4.74 Å². The van der Waals surface area contributed by atoms with Gasteiger partial charge in [0.1, 0.15) is 17.1 Å². The molecule has 0 unspecified atom stereocenters. The Morgan fingerprint density at radius 2 is 2.25 bits per heavy atom. The summed E-state index contributed by atoms with van der Waals surface area (Å²) in [4.78, 5) is 24.0. The number of carboxylic acids is 1. The van der Waals surface area contributed by atoms with Crippen molar-refractivity contribution in [1.82, 2.24) is 0 Å². The SMILES string of the molecule is COc1cc(O)c(C(=O)O)cc1CN=C=O. The first-order valence-electron chi connectivity index (χ1n) is 4.27. The number of carboxylic acid groups (broad SMARTS) is 1. The summed E-state index contributed by atoms with van der Waals surface area (Å²) in [7, 11) is 1.36. The normalized spacial score (nSPS) is 9.31. The predicted molar refractivity (Wildman–Crippen MR) is 53.4 cm³/mol. The highest BCUT2D eigenvalue weighted by Crippen LogP contribution is 2.28. The summed E-state index contributed by atoms with van der Waals surface area (Å²) in [6.45, 7) is -0.0484. The number of methoxy groups -OCH3 is 1. The van der Waals surface area contributed by atoms with Gasteiger partial charge in [0, 0.05) is 11.6 Å². The maximum Gasteiger partial charge on any atom is 0.339 e. The van der Waals surface area contributed by atoms with Crippen molar-refractivity contribution < 1.29 is 24.5 Å². The minimum atomic E-state index is -1.27. The van der Waals surface area contributed by atoms with Gasteiger partial charge in [0.25, 0.3) is 0 Å². The van der Waals surface area contributed by atoms with Gasteiger partial charge in [-0.3, -0.25) is 0 Å². The zero-order valence-corrected chi connectivity index (χ0v) is 8.43. The van der Waals surface area contributed by atoms with Crippen LogP contribution in [0.4, 0.5) is 0 Å². The van der Waals surface area contributed by atoms with E-state index in [2.05, 4.69) is 4.99 Å². The lowest BCUT2D eigenvalue weighted by Gasteiger charge is -2.08. The molecule has 0 aliphatic heterocycles. The number of aliphatic imine (C=N–C) groups is 1. The number of carbonyl (C=O) groups is 1.